The van der Waals surface area contributed by atoms with Crippen LogP contribution >= 0.6 is 0 Å². The van der Waals surface area contributed by atoms with E-state index in [0.29, 0.717) is 0 Å². The fourth-order valence-corrected chi connectivity index (χ4v) is 8.21. The van der Waals surface area contributed by atoms with Gasteiger partial charge in [-0.3, -0.25) is 0 Å². The van der Waals surface area contributed by atoms with E-state index in [1.54, 1.807) is 0 Å². The summed E-state index contributed by atoms with van der Waals surface area (Å²) >= 11 is 0. The van der Waals surface area contributed by atoms with Gasteiger partial charge in [-0.15, -0.1) is 0 Å². The van der Waals surface area contributed by atoms with Crippen LogP contribution < -0.4 is 0 Å². The Morgan fingerprint density at radius 2 is 0.800 bits per heavy atom. The van der Waals surface area contributed by atoms with Crippen LogP contribution in [0.15, 0.2) is 179 Å². The largest absolute Gasteiger partial charge is 0.456 e. The molecular weight excluding hydrogens is 609 g/mol. The maximum absolute atomic E-state index is 6.41. The summed E-state index contributed by atoms with van der Waals surface area (Å²) < 4.78 is 12.6. The van der Waals surface area contributed by atoms with E-state index in [4.69, 9.17) is 8.83 Å². The number of para-hydroxylation sites is 1. The Balaban J connectivity index is 1.15. The Bertz CT molecular complexity index is 3080. The normalized spacial score (nSPS) is 12.0. The minimum atomic E-state index is 0.834. The van der Waals surface area contributed by atoms with E-state index in [2.05, 4.69) is 152 Å². The molecule has 2 heteroatoms. The first-order chi connectivity index (χ1) is 24.8. The van der Waals surface area contributed by atoms with Gasteiger partial charge in [0.2, 0.25) is 0 Å². The predicted octanol–water partition coefficient (Wildman–Crippen LogP) is 13.9. The zero-order chi connectivity index (χ0) is 32.8. The topological polar surface area (TPSA) is 26.3 Å². The number of fused-ring (bicyclic) bond motifs is 9. The van der Waals surface area contributed by atoms with Crippen molar-refractivity contribution >= 4 is 76.2 Å². The maximum atomic E-state index is 6.41. The molecule has 0 saturated carbocycles. The van der Waals surface area contributed by atoms with Gasteiger partial charge in [0.05, 0.1) is 0 Å². The van der Waals surface area contributed by atoms with Gasteiger partial charge in [0, 0.05) is 27.6 Å². The molecule has 0 aliphatic carbocycles. The van der Waals surface area contributed by atoms with Crippen molar-refractivity contribution in [3.63, 3.8) is 0 Å². The van der Waals surface area contributed by atoms with E-state index in [1.165, 1.54) is 65.7 Å². The summed E-state index contributed by atoms with van der Waals surface area (Å²) in [5.74, 6) is 0. The van der Waals surface area contributed by atoms with E-state index in [9.17, 15) is 0 Å². The van der Waals surface area contributed by atoms with Crippen LogP contribution in [0.5, 0.6) is 0 Å². The molecule has 9 aromatic carbocycles. The summed E-state index contributed by atoms with van der Waals surface area (Å²) in [6.07, 6.45) is 0. The summed E-state index contributed by atoms with van der Waals surface area (Å²) in [4.78, 5) is 0. The highest BCUT2D eigenvalue weighted by Crippen LogP contribution is 2.46. The molecule has 11 rings (SSSR count). The van der Waals surface area contributed by atoms with Crippen molar-refractivity contribution < 1.29 is 8.83 Å². The zero-order valence-corrected chi connectivity index (χ0v) is 27.0. The van der Waals surface area contributed by atoms with Crippen molar-refractivity contribution in [1.29, 1.82) is 0 Å². The van der Waals surface area contributed by atoms with Crippen LogP contribution in [0.4, 0.5) is 0 Å². The molecule has 50 heavy (non-hydrogen) atoms. The highest BCUT2D eigenvalue weighted by molar-refractivity contribution is 6.23. The number of rotatable bonds is 3. The number of hydrogen-bond donors (Lipinski definition) is 0. The molecule has 232 valence electrons. The van der Waals surface area contributed by atoms with Crippen molar-refractivity contribution in [2.24, 2.45) is 0 Å². The molecule has 0 aliphatic heterocycles. The number of benzene rings is 9. The summed E-state index contributed by atoms with van der Waals surface area (Å²) in [5.41, 5.74) is 10.8. The first-order valence-corrected chi connectivity index (χ1v) is 17.1. The van der Waals surface area contributed by atoms with E-state index in [1.807, 2.05) is 18.2 Å². The predicted molar refractivity (Wildman–Crippen MR) is 210 cm³/mol. The van der Waals surface area contributed by atoms with E-state index in [0.717, 1.165) is 43.9 Å². The Labute approximate surface area is 287 Å². The molecule has 0 unspecified atom stereocenters. The zero-order valence-electron chi connectivity index (χ0n) is 27.0. The van der Waals surface area contributed by atoms with Crippen LogP contribution in [0.25, 0.3) is 110 Å². The average Bonchev–Trinajstić information content (AvgIpc) is 3.72. The van der Waals surface area contributed by atoms with Crippen molar-refractivity contribution in [2.75, 3.05) is 0 Å². The molecule has 0 atom stereocenters. The van der Waals surface area contributed by atoms with Gasteiger partial charge < -0.3 is 8.83 Å². The van der Waals surface area contributed by atoms with Gasteiger partial charge in [-0.25, -0.2) is 0 Å². The molecule has 2 aromatic heterocycles. The van der Waals surface area contributed by atoms with Crippen LogP contribution in [-0.2, 0) is 0 Å². The summed E-state index contributed by atoms with van der Waals surface area (Å²) in [6.45, 7) is 0. The first kappa shape index (κ1) is 27.3. The molecule has 0 spiro atoms. The molecule has 0 amide bonds. The summed E-state index contributed by atoms with van der Waals surface area (Å²) in [5, 5.41) is 11.9. The second-order valence-electron chi connectivity index (χ2n) is 13.2. The Morgan fingerprint density at radius 1 is 0.260 bits per heavy atom. The lowest BCUT2D eigenvalue weighted by Gasteiger charge is -2.18. The second kappa shape index (κ2) is 10.4. The Kier molecular flexibility index (Phi) is 5.70. The first-order valence-electron chi connectivity index (χ1n) is 17.1. The van der Waals surface area contributed by atoms with Gasteiger partial charge in [0.1, 0.15) is 22.3 Å². The van der Waals surface area contributed by atoms with E-state index < -0.39 is 0 Å². The van der Waals surface area contributed by atoms with Gasteiger partial charge in [-0.2, -0.15) is 0 Å². The van der Waals surface area contributed by atoms with Crippen LogP contribution in [0.2, 0.25) is 0 Å². The lowest BCUT2D eigenvalue weighted by atomic mass is 9.85. The Hall–Kier alpha value is -6.64. The molecule has 2 nitrogen and oxygen atoms in total. The molecule has 0 radical (unpaired) electrons. The molecule has 0 fully saturated rings. The van der Waals surface area contributed by atoms with Crippen LogP contribution in [0.3, 0.4) is 0 Å². The van der Waals surface area contributed by atoms with Crippen molar-refractivity contribution in [1.82, 2.24) is 0 Å². The molecule has 0 saturated heterocycles. The summed E-state index contributed by atoms with van der Waals surface area (Å²) in [6, 6.07) is 61.1. The van der Waals surface area contributed by atoms with Crippen LogP contribution in [-0.4, -0.2) is 0 Å². The smallest absolute Gasteiger partial charge is 0.139 e. The van der Waals surface area contributed by atoms with Gasteiger partial charge >= 0.3 is 0 Å². The minimum Gasteiger partial charge on any atom is -0.456 e. The van der Waals surface area contributed by atoms with Crippen molar-refractivity contribution in [2.45, 2.75) is 0 Å². The Morgan fingerprint density at radius 3 is 1.50 bits per heavy atom. The molecular formula is C48H28O2. The van der Waals surface area contributed by atoms with E-state index >= 15 is 0 Å². The van der Waals surface area contributed by atoms with Gasteiger partial charge in [-0.1, -0.05) is 133 Å². The highest BCUT2D eigenvalue weighted by atomic mass is 16.3. The average molecular weight is 637 g/mol. The van der Waals surface area contributed by atoms with Gasteiger partial charge in [0.25, 0.3) is 0 Å². The van der Waals surface area contributed by atoms with Crippen molar-refractivity contribution in [3.05, 3.63) is 170 Å². The van der Waals surface area contributed by atoms with Crippen molar-refractivity contribution in [3.8, 4) is 33.4 Å². The van der Waals surface area contributed by atoms with Crippen LogP contribution in [0, 0.1) is 0 Å². The third-order valence-corrected chi connectivity index (χ3v) is 10.4. The summed E-state index contributed by atoms with van der Waals surface area (Å²) in [7, 11) is 0. The third-order valence-electron chi connectivity index (χ3n) is 10.4. The third kappa shape index (κ3) is 3.96. The maximum Gasteiger partial charge on any atom is 0.139 e. The number of hydrogen-bond acceptors (Lipinski definition) is 2. The standard InChI is InChI=1S/C48H28O2/c1-2-11-29(12-3-1)33-19-10-13-30-25-31(21-23-34(30)33)47-36-15-4-6-17-38(36)48(39-18-7-5-16-37(39)47)32-22-24-44-40(26-32)42-27-41-35-14-8-9-20-43(35)49-45(41)28-46(42)50-44/h1-28H. The number of furan rings is 2. The minimum absolute atomic E-state index is 0.834. The monoisotopic (exact) mass is 636 g/mol. The molecule has 11 aromatic rings. The lowest BCUT2D eigenvalue weighted by Crippen LogP contribution is -1.91. The van der Waals surface area contributed by atoms with E-state index in [-0.39, 0.29) is 0 Å². The fourth-order valence-electron chi connectivity index (χ4n) is 8.21. The van der Waals surface area contributed by atoms with Gasteiger partial charge in [-0.05, 0) is 96.0 Å². The SMILES string of the molecule is c1ccc(-c2cccc3cc(-c4c5ccccc5c(-c5ccc6oc7cc8oc9ccccc9c8cc7c6c5)c5ccccc45)ccc23)cc1. The molecule has 0 N–H and O–H groups in total. The second-order valence-corrected chi connectivity index (χ2v) is 13.2. The van der Waals surface area contributed by atoms with Crippen LogP contribution in [0.1, 0.15) is 0 Å². The van der Waals surface area contributed by atoms with Gasteiger partial charge in [0.15, 0.2) is 0 Å². The molecule has 2 heterocycles. The fraction of sp³-hybridized carbons (Fsp3) is 0. The molecule has 0 bridgehead atoms. The highest BCUT2D eigenvalue weighted by Gasteiger charge is 2.19. The molecule has 0 aliphatic rings. The lowest BCUT2D eigenvalue weighted by molar-refractivity contribution is 0.656. The quantitative estimate of drug-likeness (QED) is 0.180.